The lowest BCUT2D eigenvalue weighted by molar-refractivity contribution is -0.115. The van der Waals surface area contributed by atoms with Crippen molar-refractivity contribution >= 4 is 40.9 Å². The third-order valence-electron chi connectivity index (χ3n) is 8.15. The Labute approximate surface area is 298 Å². The minimum absolute atomic E-state index is 0.0935. The van der Waals surface area contributed by atoms with Crippen LogP contribution in [0, 0.1) is 17.5 Å². The van der Waals surface area contributed by atoms with Crippen LogP contribution in [0.1, 0.15) is 55.1 Å². The van der Waals surface area contributed by atoms with E-state index in [1.54, 1.807) is 26.8 Å². The number of rotatable bonds is 11. The zero-order valence-corrected chi connectivity index (χ0v) is 29.0. The number of carbonyl (C=O) groups is 3. The zero-order valence-electron chi connectivity index (χ0n) is 28.2. The lowest BCUT2D eigenvalue weighted by atomic mass is 10.0. The zero-order chi connectivity index (χ0) is 36.9. The predicted molar refractivity (Wildman–Crippen MR) is 188 cm³/mol. The van der Waals surface area contributed by atoms with Gasteiger partial charge in [-0.25, -0.2) is 22.8 Å². The molecule has 0 unspecified atom stereocenters. The summed E-state index contributed by atoms with van der Waals surface area (Å²) in [5, 5.41) is 15.7. The topological polar surface area (TPSA) is 117 Å². The van der Waals surface area contributed by atoms with Gasteiger partial charge in [-0.05, 0) is 98.8 Å². The Kier molecular flexibility index (Phi) is 11.4. The number of esters is 1. The summed E-state index contributed by atoms with van der Waals surface area (Å²) in [4.78, 5) is 39.0. The molecule has 3 N–H and O–H groups in total. The van der Waals surface area contributed by atoms with Crippen LogP contribution in [0.3, 0.4) is 0 Å². The van der Waals surface area contributed by atoms with Crippen LogP contribution in [0.2, 0.25) is 5.02 Å². The average Bonchev–Trinajstić information content (AvgIpc) is 3.54. The maximum absolute atomic E-state index is 15.4. The van der Waals surface area contributed by atoms with Gasteiger partial charge in [0.25, 0.3) is 0 Å². The molecule has 0 radical (unpaired) electrons. The van der Waals surface area contributed by atoms with Crippen LogP contribution in [-0.2, 0) is 22.6 Å². The summed E-state index contributed by atoms with van der Waals surface area (Å²) in [5.74, 6) is -3.23. The first-order valence-corrected chi connectivity index (χ1v) is 16.6. The van der Waals surface area contributed by atoms with Crippen LogP contribution in [0.4, 0.5) is 29.3 Å². The molecule has 9 nitrogen and oxygen atoms in total. The number of ether oxygens (including phenoxy) is 2. The second-order valence-corrected chi connectivity index (χ2v) is 13.6. The van der Waals surface area contributed by atoms with Crippen LogP contribution < -0.4 is 15.4 Å². The fourth-order valence-corrected chi connectivity index (χ4v) is 5.78. The van der Waals surface area contributed by atoms with Gasteiger partial charge in [0.2, 0.25) is 5.91 Å². The maximum Gasteiger partial charge on any atom is 0.407 e. The summed E-state index contributed by atoms with van der Waals surface area (Å²) >= 11 is 5.79. The van der Waals surface area contributed by atoms with Crippen molar-refractivity contribution in [3.63, 3.8) is 0 Å². The smallest absolute Gasteiger partial charge is 0.407 e. The van der Waals surface area contributed by atoms with E-state index in [0.717, 1.165) is 12.1 Å². The van der Waals surface area contributed by atoms with E-state index in [2.05, 4.69) is 10.6 Å². The van der Waals surface area contributed by atoms with Gasteiger partial charge in [-0.1, -0.05) is 35.9 Å². The van der Waals surface area contributed by atoms with E-state index in [9.17, 15) is 28.3 Å². The Hall–Kier alpha value is -5.23. The molecular weight excluding hydrogens is 687 g/mol. The number of carbonyl (C=O) groups excluding carboxylic acids is 2. The Morgan fingerprint density at radius 3 is 2.29 bits per heavy atom. The van der Waals surface area contributed by atoms with E-state index in [1.165, 1.54) is 59.5 Å². The van der Waals surface area contributed by atoms with Gasteiger partial charge in [-0.15, -0.1) is 0 Å². The van der Waals surface area contributed by atoms with E-state index in [-0.39, 0.29) is 53.1 Å². The molecule has 5 rings (SSSR count). The first kappa shape index (κ1) is 37.0. The number of benzene rings is 4. The lowest BCUT2D eigenvalue weighted by Gasteiger charge is -2.24. The first-order valence-electron chi connectivity index (χ1n) is 16.2. The van der Waals surface area contributed by atoms with E-state index >= 15 is 4.39 Å². The third-order valence-corrected chi connectivity index (χ3v) is 8.38. The Balaban J connectivity index is 1.29. The summed E-state index contributed by atoms with van der Waals surface area (Å²) < 4.78 is 55.1. The second-order valence-electron chi connectivity index (χ2n) is 13.1. The number of halogens is 4. The number of amides is 2. The number of hydrogen-bond acceptors (Lipinski definition) is 6. The molecule has 1 fully saturated rings. The molecule has 0 aromatic heterocycles. The van der Waals surface area contributed by atoms with Gasteiger partial charge in [-0.3, -0.25) is 4.79 Å². The highest BCUT2D eigenvalue weighted by molar-refractivity contribution is 6.30. The molecular formula is C38H37ClF3N3O6. The average molecular weight is 724 g/mol. The van der Waals surface area contributed by atoms with Gasteiger partial charge in [-0.2, -0.15) is 0 Å². The monoisotopic (exact) mass is 723 g/mol. The minimum Gasteiger partial charge on any atom is -0.486 e. The highest BCUT2D eigenvalue weighted by atomic mass is 35.5. The molecule has 4 aromatic rings. The normalized spacial score (nSPS) is 14.3. The molecule has 1 aliphatic rings. The van der Waals surface area contributed by atoms with E-state index in [4.69, 9.17) is 21.1 Å². The fourth-order valence-electron chi connectivity index (χ4n) is 5.62. The molecule has 2 amide bonds. The van der Waals surface area contributed by atoms with Crippen molar-refractivity contribution in [3.05, 3.63) is 112 Å². The van der Waals surface area contributed by atoms with Gasteiger partial charge in [0.05, 0.1) is 29.4 Å². The van der Waals surface area contributed by atoms with Crippen molar-refractivity contribution in [2.75, 3.05) is 23.7 Å². The largest absolute Gasteiger partial charge is 0.486 e. The molecule has 13 heteroatoms. The highest BCUT2D eigenvalue weighted by Crippen LogP contribution is 2.30. The van der Waals surface area contributed by atoms with E-state index < -0.39 is 41.0 Å². The molecule has 1 saturated heterocycles. The minimum atomic E-state index is -1.03. The number of likely N-dealkylation sites (tertiary alicyclic amines) is 1. The summed E-state index contributed by atoms with van der Waals surface area (Å²) in [5.41, 5.74) is 1.26. The van der Waals surface area contributed by atoms with Gasteiger partial charge in [0.1, 0.15) is 23.8 Å². The number of carboxylic acid groups (broad SMARTS) is 1. The number of anilines is 2. The fraction of sp³-hybridized carbons (Fsp3) is 0.289. The Morgan fingerprint density at radius 2 is 1.59 bits per heavy atom. The van der Waals surface area contributed by atoms with Crippen molar-refractivity contribution in [2.24, 2.45) is 0 Å². The molecule has 1 heterocycles. The van der Waals surface area contributed by atoms with Crippen molar-refractivity contribution in [3.8, 4) is 16.9 Å². The van der Waals surface area contributed by atoms with E-state index in [1.807, 2.05) is 0 Å². The Morgan fingerprint density at radius 1 is 0.882 bits per heavy atom. The van der Waals surface area contributed by atoms with Crippen LogP contribution in [-0.4, -0.2) is 52.7 Å². The molecule has 51 heavy (non-hydrogen) atoms. The quantitative estimate of drug-likeness (QED) is 0.133. The van der Waals surface area contributed by atoms with E-state index in [0.29, 0.717) is 41.9 Å². The van der Waals surface area contributed by atoms with Crippen LogP contribution >= 0.6 is 11.6 Å². The Bertz CT molecular complexity index is 1950. The highest BCUT2D eigenvalue weighted by Gasteiger charge is 2.28. The van der Waals surface area contributed by atoms with Crippen molar-refractivity contribution in [1.82, 2.24) is 4.90 Å². The molecule has 0 aliphatic carbocycles. The summed E-state index contributed by atoms with van der Waals surface area (Å²) in [6.07, 6.45) is 0.00530. The van der Waals surface area contributed by atoms with Gasteiger partial charge >= 0.3 is 12.1 Å². The van der Waals surface area contributed by atoms with Crippen LogP contribution in [0.25, 0.3) is 11.1 Å². The second kappa shape index (κ2) is 15.8. The molecule has 0 bridgehead atoms. The standard InChI is InChI=1S/C38H37ClF3N3O6/c1-38(2,3)51-36(47)25-10-13-32(33(16-25)43-20-28-5-4-14-45(28)37(48)49)44-35(46)18-24-7-6-22(15-30(24)41)23-9-12-29(40)34(17-23)50-21-26-8-11-27(39)19-31(26)42/h6-13,15-17,19,28,43H,4-5,14,18,20-21H2,1-3H3,(H,44,46)(H,48,49)/t28-/m0/s1. The molecule has 1 aliphatic heterocycles. The van der Waals surface area contributed by atoms with Gasteiger partial charge in [0.15, 0.2) is 11.6 Å². The van der Waals surface area contributed by atoms with Crippen LogP contribution in [0.5, 0.6) is 5.75 Å². The van der Waals surface area contributed by atoms with Crippen LogP contribution in [0.15, 0.2) is 72.8 Å². The van der Waals surface area contributed by atoms with Gasteiger partial charge < -0.3 is 30.1 Å². The molecule has 268 valence electrons. The molecule has 0 saturated carbocycles. The SMILES string of the molecule is CC(C)(C)OC(=O)c1ccc(NC(=O)Cc2ccc(-c3ccc(F)c(OCc4ccc(Cl)cc4F)c3)cc2F)c(NC[C@@H]2CCCN2C(=O)O)c1. The van der Waals surface area contributed by atoms with Gasteiger partial charge in [0, 0.05) is 23.7 Å². The van der Waals surface area contributed by atoms with Crippen molar-refractivity contribution in [2.45, 2.75) is 58.3 Å². The summed E-state index contributed by atoms with van der Waals surface area (Å²) in [6, 6.07) is 16.5. The third kappa shape index (κ3) is 9.72. The molecule has 1 atom stereocenters. The summed E-state index contributed by atoms with van der Waals surface area (Å²) in [6.45, 7) is 5.61. The number of nitrogens with one attached hydrogen (secondary N) is 2. The summed E-state index contributed by atoms with van der Waals surface area (Å²) in [7, 11) is 0. The number of nitrogens with zero attached hydrogens (tertiary/aromatic N) is 1. The van der Waals surface area contributed by atoms with Crippen molar-refractivity contribution < 1.29 is 42.1 Å². The number of hydrogen-bond donors (Lipinski definition) is 3. The molecule has 4 aromatic carbocycles. The predicted octanol–water partition coefficient (Wildman–Crippen LogP) is 8.69. The lowest BCUT2D eigenvalue weighted by Crippen LogP contribution is -2.38. The molecule has 0 spiro atoms. The first-order chi connectivity index (χ1) is 24.2. The van der Waals surface area contributed by atoms with Crippen molar-refractivity contribution in [1.29, 1.82) is 0 Å². The maximum atomic E-state index is 15.4.